The molecule has 0 saturated heterocycles. The highest BCUT2D eigenvalue weighted by Crippen LogP contribution is 2.31. The number of methoxy groups -OCH3 is 1. The summed E-state index contributed by atoms with van der Waals surface area (Å²) in [5, 5.41) is 9.02. The van der Waals surface area contributed by atoms with Gasteiger partial charge in [0.05, 0.1) is 39.4 Å². The fourth-order valence-electron chi connectivity index (χ4n) is 2.82. The molecule has 2 aromatic carbocycles. The van der Waals surface area contributed by atoms with Gasteiger partial charge in [0.2, 0.25) is 0 Å². The molecule has 1 atom stereocenters. The Kier molecular flexibility index (Phi) is 4.62. The molecule has 0 aliphatic rings. The van der Waals surface area contributed by atoms with Crippen LogP contribution in [0.25, 0.3) is 22.4 Å². The number of carboxylic acids is 1. The van der Waals surface area contributed by atoms with Crippen LogP contribution >= 0.6 is 0 Å². The first kappa shape index (κ1) is 17.9. The lowest BCUT2D eigenvalue weighted by Gasteiger charge is -2.08. The van der Waals surface area contributed by atoms with E-state index in [1.807, 2.05) is 0 Å². The number of carbonyl (C=O) groups is 1. The van der Waals surface area contributed by atoms with Crippen LogP contribution in [0, 0.1) is 0 Å². The Labute approximate surface area is 162 Å². The number of fused-ring (bicyclic) bond motifs is 1. The van der Waals surface area contributed by atoms with E-state index in [9.17, 15) is 9.00 Å². The summed E-state index contributed by atoms with van der Waals surface area (Å²) in [5.74, 6) is 0.0758. The smallest absolute Gasteiger partial charge is 0.335 e. The van der Waals surface area contributed by atoms with Crippen molar-refractivity contribution < 1.29 is 18.8 Å². The van der Waals surface area contributed by atoms with Crippen LogP contribution in [0.2, 0.25) is 0 Å². The average Bonchev–Trinajstić information content (AvgIpc) is 3.16. The lowest BCUT2D eigenvalue weighted by molar-refractivity contribution is 0.0697. The van der Waals surface area contributed by atoms with Crippen LogP contribution in [0.5, 0.6) is 5.75 Å². The molecule has 0 aliphatic carbocycles. The van der Waals surface area contributed by atoms with Gasteiger partial charge in [-0.15, -0.1) is 0 Å². The molecular formula is C20H15N3O4S. The number of aromatic nitrogens is 3. The Hall–Kier alpha value is -3.52. The highest BCUT2D eigenvalue weighted by molar-refractivity contribution is 7.85. The SMILES string of the molecule is COc1cc2nc(-c3ccc(C(=O)O)cc3)[nH]c2cc1S(=O)c1ccncc1. The van der Waals surface area contributed by atoms with Crippen LogP contribution in [-0.4, -0.2) is 37.3 Å². The van der Waals surface area contributed by atoms with Gasteiger partial charge >= 0.3 is 5.97 Å². The van der Waals surface area contributed by atoms with Gasteiger partial charge in [-0.2, -0.15) is 0 Å². The first-order chi connectivity index (χ1) is 13.6. The van der Waals surface area contributed by atoms with Crippen LogP contribution in [-0.2, 0) is 10.8 Å². The Bertz CT molecular complexity index is 1190. The third-order valence-electron chi connectivity index (χ3n) is 4.24. The monoisotopic (exact) mass is 393 g/mol. The summed E-state index contributed by atoms with van der Waals surface area (Å²) in [6, 6.07) is 13.3. The molecule has 4 aromatic rings. The molecule has 1 unspecified atom stereocenters. The number of hydrogen-bond donors (Lipinski definition) is 2. The largest absolute Gasteiger partial charge is 0.495 e. The number of aromatic carboxylic acids is 1. The van der Waals surface area contributed by atoms with Crippen LogP contribution in [0.1, 0.15) is 10.4 Å². The molecular weight excluding hydrogens is 378 g/mol. The summed E-state index contributed by atoms with van der Waals surface area (Å²) < 4.78 is 18.4. The van der Waals surface area contributed by atoms with Gasteiger partial charge < -0.3 is 14.8 Å². The predicted molar refractivity (Wildman–Crippen MR) is 104 cm³/mol. The minimum atomic E-state index is -1.44. The number of hydrogen-bond acceptors (Lipinski definition) is 5. The van der Waals surface area contributed by atoms with Crippen LogP contribution < -0.4 is 4.74 Å². The summed E-state index contributed by atoms with van der Waals surface area (Å²) in [5.41, 5.74) is 2.31. The maximum absolute atomic E-state index is 13.0. The van der Waals surface area contributed by atoms with Crippen LogP contribution in [0.4, 0.5) is 0 Å². The minimum Gasteiger partial charge on any atom is -0.495 e. The molecule has 8 heteroatoms. The van der Waals surface area contributed by atoms with Gasteiger partial charge in [-0.05, 0) is 30.3 Å². The molecule has 0 bridgehead atoms. The van der Waals surface area contributed by atoms with Gasteiger partial charge in [0.1, 0.15) is 11.6 Å². The van der Waals surface area contributed by atoms with Crippen molar-refractivity contribution in [2.24, 2.45) is 0 Å². The Morgan fingerprint density at radius 1 is 1.11 bits per heavy atom. The van der Waals surface area contributed by atoms with Gasteiger partial charge in [-0.3, -0.25) is 4.98 Å². The summed E-state index contributed by atoms with van der Waals surface area (Å²) in [4.78, 5) is 23.9. The highest BCUT2D eigenvalue weighted by Gasteiger charge is 2.17. The molecule has 28 heavy (non-hydrogen) atoms. The van der Waals surface area contributed by atoms with E-state index in [0.29, 0.717) is 32.4 Å². The lowest BCUT2D eigenvalue weighted by Crippen LogP contribution is -1.97. The van der Waals surface area contributed by atoms with Gasteiger partial charge in [0.15, 0.2) is 0 Å². The van der Waals surface area contributed by atoms with Crippen molar-refractivity contribution in [1.82, 2.24) is 15.0 Å². The van der Waals surface area contributed by atoms with Crippen LogP contribution in [0.3, 0.4) is 0 Å². The van der Waals surface area contributed by atoms with E-state index in [0.717, 1.165) is 5.56 Å². The molecule has 2 N–H and O–H groups in total. The van der Waals surface area contributed by atoms with Crippen molar-refractivity contribution in [2.75, 3.05) is 7.11 Å². The minimum absolute atomic E-state index is 0.205. The van der Waals surface area contributed by atoms with E-state index in [1.54, 1.807) is 48.8 Å². The summed E-state index contributed by atoms with van der Waals surface area (Å²) in [6.45, 7) is 0. The van der Waals surface area contributed by atoms with Gasteiger partial charge in [0.25, 0.3) is 0 Å². The molecule has 0 spiro atoms. The zero-order valence-corrected chi connectivity index (χ0v) is 15.6. The van der Waals surface area contributed by atoms with Crippen molar-refractivity contribution >= 4 is 27.8 Å². The molecule has 2 heterocycles. The van der Waals surface area contributed by atoms with E-state index in [2.05, 4.69) is 15.0 Å². The number of aromatic amines is 1. The number of imidazole rings is 1. The molecule has 0 fully saturated rings. The van der Waals surface area contributed by atoms with Gasteiger partial charge in [-0.1, -0.05) is 12.1 Å². The second kappa shape index (κ2) is 7.24. The first-order valence-electron chi connectivity index (χ1n) is 8.30. The number of nitrogens with one attached hydrogen (secondary N) is 1. The number of rotatable bonds is 5. The number of carboxylic acid groups (broad SMARTS) is 1. The fourth-order valence-corrected chi connectivity index (χ4v) is 3.99. The number of ether oxygens (including phenoxy) is 1. The van der Waals surface area contributed by atoms with Crippen molar-refractivity contribution in [2.45, 2.75) is 9.79 Å². The Morgan fingerprint density at radius 2 is 1.82 bits per heavy atom. The Morgan fingerprint density at radius 3 is 2.46 bits per heavy atom. The van der Waals surface area contributed by atoms with E-state index in [1.165, 1.54) is 19.2 Å². The molecule has 7 nitrogen and oxygen atoms in total. The van der Waals surface area contributed by atoms with Crippen molar-refractivity contribution in [3.05, 3.63) is 66.5 Å². The van der Waals surface area contributed by atoms with Gasteiger partial charge in [-0.25, -0.2) is 14.0 Å². The zero-order chi connectivity index (χ0) is 19.7. The van der Waals surface area contributed by atoms with Crippen LogP contribution in [0.15, 0.2) is 70.7 Å². The van der Waals surface area contributed by atoms with E-state index < -0.39 is 16.8 Å². The summed E-state index contributed by atoms with van der Waals surface area (Å²) in [6.07, 6.45) is 3.18. The van der Waals surface area contributed by atoms with Gasteiger partial charge in [0, 0.05) is 28.9 Å². The van der Waals surface area contributed by atoms with Crippen molar-refractivity contribution in [3.8, 4) is 17.1 Å². The van der Waals surface area contributed by atoms with Crippen molar-refractivity contribution in [1.29, 1.82) is 0 Å². The molecule has 0 saturated carbocycles. The van der Waals surface area contributed by atoms with E-state index >= 15 is 0 Å². The number of nitrogens with zero attached hydrogens (tertiary/aromatic N) is 2. The maximum atomic E-state index is 13.0. The van der Waals surface area contributed by atoms with E-state index in [4.69, 9.17) is 9.84 Å². The predicted octanol–water partition coefficient (Wildman–Crippen LogP) is 3.50. The molecule has 2 aromatic heterocycles. The molecule has 4 rings (SSSR count). The maximum Gasteiger partial charge on any atom is 0.335 e. The topological polar surface area (TPSA) is 105 Å². The number of pyridine rings is 1. The number of H-pyrrole nitrogens is 1. The molecule has 140 valence electrons. The summed E-state index contributed by atoms with van der Waals surface area (Å²) in [7, 11) is 0.0845. The molecule has 0 aliphatic heterocycles. The fraction of sp³-hybridized carbons (Fsp3) is 0.0500. The lowest BCUT2D eigenvalue weighted by atomic mass is 10.1. The second-order valence-electron chi connectivity index (χ2n) is 5.94. The van der Waals surface area contributed by atoms with Crippen molar-refractivity contribution in [3.63, 3.8) is 0 Å². The third kappa shape index (κ3) is 3.25. The van der Waals surface area contributed by atoms with E-state index in [-0.39, 0.29) is 5.56 Å². The third-order valence-corrected chi connectivity index (χ3v) is 5.65. The average molecular weight is 393 g/mol. The second-order valence-corrected chi connectivity index (χ2v) is 7.39. The number of benzene rings is 2. The molecule has 0 amide bonds. The quantitative estimate of drug-likeness (QED) is 0.538. The summed E-state index contributed by atoms with van der Waals surface area (Å²) >= 11 is 0. The standard InChI is InChI=1S/C20H15N3O4S/c1-27-17-10-15-16(11-18(17)28(26)14-6-8-21-9-7-14)23-19(22-15)12-2-4-13(5-3-12)20(24)25/h2-11H,1H3,(H,22,23)(H,24,25). The highest BCUT2D eigenvalue weighted by atomic mass is 32.2. The Balaban J connectivity index is 1.78. The first-order valence-corrected chi connectivity index (χ1v) is 9.45. The normalized spacial score (nSPS) is 12.0. The zero-order valence-electron chi connectivity index (χ0n) is 14.7. The molecule has 0 radical (unpaired) electrons.